The summed E-state index contributed by atoms with van der Waals surface area (Å²) in [6.07, 6.45) is 3.27. The van der Waals surface area contributed by atoms with Gasteiger partial charge in [-0.1, -0.05) is 23.9 Å². The van der Waals surface area contributed by atoms with Gasteiger partial charge in [-0.3, -0.25) is 14.3 Å². The van der Waals surface area contributed by atoms with Crippen molar-refractivity contribution in [2.45, 2.75) is 31.5 Å². The van der Waals surface area contributed by atoms with Gasteiger partial charge in [0.1, 0.15) is 11.4 Å². The molecule has 0 unspecified atom stereocenters. The Kier molecular flexibility index (Phi) is 5.55. The van der Waals surface area contributed by atoms with Crippen LogP contribution in [-0.2, 0) is 9.53 Å². The molecule has 2 heterocycles. The predicted molar refractivity (Wildman–Crippen MR) is 101 cm³/mol. The van der Waals surface area contributed by atoms with Gasteiger partial charge < -0.3 is 4.74 Å². The van der Waals surface area contributed by atoms with Gasteiger partial charge in [0.05, 0.1) is 11.4 Å². The minimum atomic E-state index is -0.572. The number of hydrogen-bond acceptors (Lipinski definition) is 6. The third kappa shape index (κ3) is 4.71. The molecule has 0 fully saturated rings. The maximum Gasteiger partial charge on any atom is 0.316 e. The van der Waals surface area contributed by atoms with Crippen molar-refractivity contribution in [3.63, 3.8) is 0 Å². The van der Waals surface area contributed by atoms with E-state index in [4.69, 9.17) is 4.74 Å². The lowest BCUT2D eigenvalue weighted by Crippen LogP contribution is -2.25. The fourth-order valence-electron chi connectivity index (χ4n) is 2.39. The first-order valence-electron chi connectivity index (χ1n) is 8.30. The van der Waals surface area contributed by atoms with E-state index in [2.05, 4.69) is 15.2 Å². The summed E-state index contributed by atoms with van der Waals surface area (Å²) in [5.41, 5.74) is 0.419. The molecule has 140 valence electrons. The molecule has 0 aliphatic rings. The van der Waals surface area contributed by atoms with Crippen molar-refractivity contribution < 1.29 is 13.9 Å². The van der Waals surface area contributed by atoms with Gasteiger partial charge in [0.15, 0.2) is 11.0 Å². The molecule has 8 heteroatoms. The molecule has 0 saturated carbocycles. The normalized spacial score (nSPS) is 11.4. The van der Waals surface area contributed by atoms with Gasteiger partial charge in [-0.25, -0.2) is 4.39 Å². The smallest absolute Gasteiger partial charge is 0.316 e. The fraction of sp³-hybridized carbons (Fsp3) is 0.263. The van der Waals surface area contributed by atoms with Crippen molar-refractivity contribution in [1.29, 1.82) is 0 Å². The van der Waals surface area contributed by atoms with Crippen molar-refractivity contribution in [1.82, 2.24) is 19.7 Å². The minimum absolute atomic E-state index is 0.0386. The third-order valence-electron chi connectivity index (χ3n) is 3.39. The summed E-state index contributed by atoms with van der Waals surface area (Å²) in [5.74, 6) is -0.309. The SMILES string of the molecule is CC(C)(C)OC(=O)CSc1nnc(-c2cccnc2)n1-c1ccccc1F. The Balaban J connectivity index is 1.96. The number of hydrogen-bond donors (Lipinski definition) is 0. The lowest BCUT2D eigenvalue weighted by Gasteiger charge is -2.19. The van der Waals surface area contributed by atoms with Crippen LogP contribution in [0.25, 0.3) is 17.1 Å². The monoisotopic (exact) mass is 386 g/mol. The first kappa shape index (κ1) is 19.0. The molecule has 6 nitrogen and oxygen atoms in total. The molecular weight excluding hydrogens is 367 g/mol. The average molecular weight is 386 g/mol. The number of rotatable bonds is 5. The zero-order valence-corrected chi connectivity index (χ0v) is 16.0. The summed E-state index contributed by atoms with van der Waals surface area (Å²) in [6, 6.07) is 9.93. The van der Waals surface area contributed by atoms with Crippen LogP contribution in [0.3, 0.4) is 0 Å². The Morgan fingerprint density at radius 3 is 2.63 bits per heavy atom. The first-order valence-corrected chi connectivity index (χ1v) is 9.29. The second kappa shape index (κ2) is 7.87. The molecule has 0 radical (unpaired) electrons. The van der Waals surface area contributed by atoms with Gasteiger partial charge in [-0.2, -0.15) is 0 Å². The zero-order chi connectivity index (χ0) is 19.4. The number of thioether (sulfide) groups is 1. The molecular formula is C19H19FN4O2S. The number of pyridine rings is 1. The number of halogens is 1. The maximum atomic E-state index is 14.5. The molecule has 3 aromatic rings. The van der Waals surface area contributed by atoms with E-state index in [1.54, 1.807) is 62.0 Å². The quantitative estimate of drug-likeness (QED) is 0.489. The second-order valence-electron chi connectivity index (χ2n) is 6.71. The number of benzene rings is 1. The van der Waals surface area contributed by atoms with Crippen molar-refractivity contribution in [2.75, 3.05) is 5.75 Å². The summed E-state index contributed by atoms with van der Waals surface area (Å²) in [6.45, 7) is 5.41. The Labute approximate surface area is 160 Å². The fourth-order valence-corrected chi connectivity index (χ4v) is 3.11. The van der Waals surface area contributed by atoms with Crippen LogP contribution in [0.5, 0.6) is 0 Å². The highest BCUT2D eigenvalue weighted by Gasteiger charge is 2.21. The number of ether oxygens (including phenoxy) is 1. The summed E-state index contributed by atoms with van der Waals surface area (Å²) in [4.78, 5) is 16.1. The molecule has 0 aliphatic carbocycles. The number of aromatic nitrogens is 4. The first-order chi connectivity index (χ1) is 12.8. The Hall–Kier alpha value is -2.74. The highest BCUT2D eigenvalue weighted by Crippen LogP contribution is 2.29. The van der Waals surface area contributed by atoms with E-state index in [0.29, 0.717) is 22.2 Å². The molecule has 2 aromatic heterocycles. The lowest BCUT2D eigenvalue weighted by atomic mass is 10.2. The van der Waals surface area contributed by atoms with E-state index in [1.807, 2.05) is 6.07 Å². The lowest BCUT2D eigenvalue weighted by molar-refractivity contribution is -0.151. The van der Waals surface area contributed by atoms with E-state index in [1.165, 1.54) is 6.07 Å². The molecule has 1 aromatic carbocycles. The topological polar surface area (TPSA) is 69.9 Å². The van der Waals surface area contributed by atoms with E-state index in [9.17, 15) is 9.18 Å². The average Bonchev–Trinajstić information content (AvgIpc) is 3.03. The van der Waals surface area contributed by atoms with Gasteiger partial charge in [-0.15, -0.1) is 10.2 Å². The highest BCUT2D eigenvalue weighted by atomic mass is 32.2. The van der Waals surface area contributed by atoms with Crippen LogP contribution >= 0.6 is 11.8 Å². The number of para-hydroxylation sites is 1. The standard InChI is InChI=1S/C19H19FN4O2S/c1-19(2,3)26-16(25)12-27-18-23-22-17(13-7-6-10-21-11-13)24(18)15-9-5-4-8-14(15)20/h4-11H,12H2,1-3H3. The molecule has 0 amide bonds. The maximum absolute atomic E-state index is 14.5. The number of esters is 1. The Morgan fingerprint density at radius 1 is 1.19 bits per heavy atom. The van der Waals surface area contributed by atoms with Gasteiger partial charge in [0, 0.05) is 18.0 Å². The molecule has 0 saturated heterocycles. The Morgan fingerprint density at radius 2 is 1.96 bits per heavy atom. The van der Waals surface area contributed by atoms with Crippen LogP contribution in [0, 0.1) is 5.82 Å². The summed E-state index contributed by atoms with van der Waals surface area (Å²) >= 11 is 1.14. The minimum Gasteiger partial charge on any atom is -0.459 e. The van der Waals surface area contributed by atoms with Crippen molar-refractivity contribution >= 4 is 17.7 Å². The van der Waals surface area contributed by atoms with E-state index >= 15 is 0 Å². The highest BCUT2D eigenvalue weighted by molar-refractivity contribution is 7.99. The number of nitrogens with zero attached hydrogens (tertiary/aromatic N) is 4. The van der Waals surface area contributed by atoms with Crippen LogP contribution in [0.1, 0.15) is 20.8 Å². The van der Waals surface area contributed by atoms with Gasteiger partial charge in [0.25, 0.3) is 0 Å². The van der Waals surface area contributed by atoms with Crippen LogP contribution < -0.4 is 0 Å². The van der Waals surface area contributed by atoms with Crippen molar-refractivity contribution in [3.05, 3.63) is 54.6 Å². The number of carbonyl (C=O) groups is 1. The second-order valence-corrected chi connectivity index (χ2v) is 7.65. The van der Waals surface area contributed by atoms with Crippen LogP contribution in [-0.4, -0.2) is 37.1 Å². The largest absolute Gasteiger partial charge is 0.459 e. The molecule has 3 rings (SSSR count). The summed E-state index contributed by atoms with van der Waals surface area (Å²) in [7, 11) is 0. The van der Waals surface area contributed by atoms with Gasteiger partial charge >= 0.3 is 5.97 Å². The van der Waals surface area contributed by atoms with Gasteiger partial charge in [-0.05, 0) is 45.0 Å². The molecule has 0 aliphatic heterocycles. The molecule has 0 spiro atoms. The van der Waals surface area contributed by atoms with Crippen LogP contribution in [0.2, 0.25) is 0 Å². The molecule has 27 heavy (non-hydrogen) atoms. The van der Waals surface area contributed by atoms with Gasteiger partial charge in [0.2, 0.25) is 0 Å². The molecule has 0 bridgehead atoms. The summed E-state index contributed by atoms with van der Waals surface area (Å²) in [5, 5.41) is 8.74. The zero-order valence-electron chi connectivity index (χ0n) is 15.2. The van der Waals surface area contributed by atoms with E-state index in [-0.39, 0.29) is 11.7 Å². The predicted octanol–water partition coefficient (Wildman–Crippen LogP) is 3.90. The van der Waals surface area contributed by atoms with Crippen LogP contribution in [0.15, 0.2) is 53.9 Å². The van der Waals surface area contributed by atoms with Crippen molar-refractivity contribution in [2.24, 2.45) is 0 Å². The Bertz CT molecular complexity index is 938. The summed E-state index contributed by atoms with van der Waals surface area (Å²) < 4.78 is 21.4. The number of carbonyl (C=O) groups excluding carboxylic acids is 1. The molecule has 0 atom stereocenters. The third-order valence-corrected chi connectivity index (χ3v) is 4.29. The van der Waals surface area contributed by atoms with E-state index < -0.39 is 11.4 Å². The molecule has 0 N–H and O–H groups in total. The van der Waals surface area contributed by atoms with Crippen LogP contribution in [0.4, 0.5) is 4.39 Å². The van der Waals surface area contributed by atoms with E-state index in [0.717, 1.165) is 11.8 Å². The van der Waals surface area contributed by atoms with Crippen molar-refractivity contribution in [3.8, 4) is 17.1 Å².